The van der Waals surface area contributed by atoms with E-state index in [9.17, 15) is 4.79 Å². The molecule has 98 valence electrons. The van der Waals surface area contributed by atoms with Crippen molar-refractivity contribution in [3.05, 3.63) is 28.2 Å². The molecular weight excluding hydrogens is 292 g/mol. The summed E-state index contributed by atoms with van der Waals surface area (Å²) in [4.78, 5) is 12.4. The summed E-state index contributed by atoms with van der Waals surface area (Å²) >= 11 is 3.46. The molecule has 1 fully saturated rings. The third-order valence-corrected chi connectivity index (χ3v) is 4.33. The van der Waals surface area contributed by atoms with Crippen LogP contribution < -0.4 is 4.74 Å². The van der Waals surface area contributed by atoms with Gasteiger partial charge in [0, 0.05) is 11.5 Å². The molecule has 18 heavy (non-hydrogen) atoms. The topological polar surface area (TPSA) is 26.3 Å². The van der Waals surface area contributed by atoms with E-state index in [1.165, 1.54) is 12.8 Å². The van der Waals surface area contributed by atoms with E-state index in [1.54, 1.807) is 0 Å². The first-order valence-corrected chi connectivity index (χ1v) is 7.39. The second-order valence-electron chi connectivity index (χ2n) is 4.96. The molecule has 0 N–H and O–H groups in total. The Labute approximate surface area is 117 Å². The van der Waals surface area contributed by atoms with Crippen LogP contribution in [0, 0.1) is 11.8 Å². The fraction of sp³-hybridized carbons (Fsp3) is 0.533. The molecule has 0 aromatic heterocycles. The highest BCUT2D eigenvalue weighted by molar-refractivity contribution is 9.10. The van der Waals surface area contributed by atoms with E-state index in [-0.39, 0.29) is 11.7 Å². The average Bonchev–Trinajstić information content (AvgIpc) is 2.77. The fourth-order valence-electron chi connectivity index (χ4n) is 2.68. The number of ether oxygens (including phenoxy) is 1. The number of hydrogen-bond donors (Lipinski definition) is 0. The molecule has 2 rings (SSSR count). The SMILES string of the molecule is CCOc1ccc(C(=O)C2CCCC2C)cc1Br. The van der Waals surface area contributed by atoms with Crippen molar-refractivity contribution >= 4 is 21.7 Å². The van der Waals surface area contributed by atoms with Gasteiger partial charge in [0.2, 0.25) is 0 Å². The quantitative estimate of drug-likeness (QED) is 0.767. The number of rotatable bonds is 4. The highest BCUT2D eigenvalue weighted by Crippen LogP contribution is 2.35. The Bertz CT molecular complexity index is 442. The third kappa shape index (κ3) is 2.77. The smallest absolute Gasteiger partial charge is 0.166 e. The lowest BCUT2D eigenvalue weighted by Gasteiger charge is -2.15. The molecular formula is C15H19BrO2. The molecule has 0 spiro atoms. The molecule has 1 saturated carbocycles. The molecule has 0 radical (unpaired) electrons. The predicted molar refractivity (Wildman–Crippen MR) is 76.1 cm³/mol. The second kappa shape index (κ2) is 5.87. The van der Waals surface area contributed by atoms with E-state index in [0.29, 0.717) is 12.5 Å². The van der Waals surface area contributed by atoms with Crippen LogP contribution in [0.1, 0.15) is 43.5 Å². The molecule has 2 unspecified atom stereocenters. The molecule has 2 nitrogen and oxygen atoms in total. The Morgan fingerprint density at radius 2 is 2.22 bits per heavy atom. The van der Waals surface area contributed by atoms with Gasteiger partial charge in [-0.15, -0.1) is 0 Å². The van der Waals surface area contributed by atoms with Gasteiger partial charge in [-0.05, 0) is 59.8 Å². The lowest BCUT2D eigenvalue weighted by Crippen LogP contribution is -2.17. The highest BCUT2D eigenvalue weighted by atomic mass is 79.9. The summed E-state index contributed by atoms with van der Waals surface area (Å²) in [5.74, 6) is 1.80. The largest absolute Gasteiger partial charge is 0.493 e. The van der Waals surface area contributed by atoms with E-state index in [4.69, 9.17) is 4.74 Å². The molecule has 0 aliphatic heterocycles. The van der Waals surface area contributed by atoms with Crippen molar-refractivity contribution in [3.63, 3.8) is 0 Å². The zero-order valence-electron chi connectivity index (χ0n) is 10.9. The lowest BCUT2D eigenvalue weighted by atomic mass is 9.90. The first-order chi connectivity index (χ1) is 8.63. The highest BCUT2D eigenvalue weighted by Gasteiger charge is 2.30. The van der Waals surface area contributed by atoms with Crippen LogP contribution in [0.4, 0.5) is 0 Å². The van der Waals surface area contributed by atoms with Crippen LogP contribution in [0.25, 0.3) is 0 Å². The molecule has 0 heterocycles. The molecule has 1 aromatic rings. The Balaban J connectivity index is 2.18. The lowest BCUT2D eigenvalue weighted by molar-refractivity contribution is 0.0897. The fourth-order valence-corrected chi connectivity index (χ4v) is 3.17. The first kappa shape index (κ1) is 13.6. The Kier molecular flexibility index (Phi) is 4.44. The minimum absolute atomic E-state index is 0.204. The molecule has 1 aliphatic carbocycles. The zero-order valence-corrected chi connectivity index (χ0v) is 12.5. The van der Waals surface area contributed by atoms with Crippen molar-refractivity contribution in [1.82, 2.24) is 0 Å². The maximum atomic E-state index is 12.4. The number of halogens is 1. The van der Waals surface area contributed by atoms with Gasteiger partial charge in [-0.2, -0.15) is 0 Å². The van der Waals surface area contributed by atoms with Gasteiger partial charge >= 0.3 is 0 Å². The van der Waals surface area contributed by atoms with Crippen LogP contribution in [0.3, 0.4) is 0 Å². The van der Waals surface area contributed by atoms with Crippen LogP contribution in [0.15, 0.2) is 22.7 Å². The summed E-state index contributed by atoms with van der Waals surface area (Å²) in [5.41, 5.74) is 0.795. The van der Waals surface area contributed by atoms with E-state index in [1.807, 2.05) is 25.1 Å². The van der Waals surface area contributed by atoms with Gasteiger partial charge in [-0.3, -0.25) is 4.79 Å². The molecule has 1 aliphatic rings. The number of hydrogen-bond acceptors (Lipinski definition) is 2. The van der Waals surface area contributed by atoms with Crippen LogP contribution in [0.2, 0.25) is 0 Å². The zero-order chi connectivity index (χ0) is 13.1. The van der Waals surface area contributed by atoms with E-state index < -0.39 is 0 Å². The monoisotopic (exact) mass is 310 g/mol. The number of benzene rings is 1. The molecule has 0 saturated heterocycles. The van der Waals surface area contributed by atoms with Gasteiger partial charge in [0.15, 0.2) is 5.78 Å². The maximum absolute atomic E-state index is 12.4. The van der Waals surface area contributed by atoms with E-state index >= 15 is 0 Å². The predicted octanol–water partition coefficient (Wildman–Crippen LogP) is 4.47. The number of carbonyl (C=O) groups is 1. The third-order valence-electron chi connectivity index (χ3n) is 3.71. The number of ketones is 1. The summed E-state index contributed by atoms with van der Waals surface area (Å²) in [6.45, 7) is 4.76. The van der Waals surface area contributed by atoms with Crippen molar-refractivity contribution in [2.75, 3.05) is 6.61 Å². The standard InChI is InChI=1S/C15H19BrO2/c1-3-18-14-8-7-11(9-13(14)16)15(17)12-6-4-5-10(12)2/h7-10,12H,3-6H2,1-2H3. The number of carbonyl (C=O) groups excluding carboxylic acids is 1. The molecule has 0 bridgehead atoms. The summed E-state index contributed by atoms with van der Waals surface area (Å²) in [7, 11) is 0. The normalized spacial score (nSPS) is 23.1. The first-order valence-electron chi connectivity index (χ1n) is 6.60. The van der Waals surface area contributed by atoms with Gasteiger partial charge in [0.05, 0.1) is 11.1 Å². The Morgan fingerprint density at radius 1 is 1.44 bits per heavy atom. The number of Topliss-reactive ketones (excluding diaryl/α,β-unsaturated/α-hetero) is 1. The summed E-state index contributed by atoms with van der Waals surface area (Å²) in [5, 5.41) is 0. The van der Waals surface area contributed by atoms with Crippen LogP contribution >= 0.6 is 15.9 Å². The Morgan fingerprint density at radius 3 is 2.78 bits per heavy atom. The Hall–Kier alpha value is -0.830. The molecule has 3 heteroatoms. The van der Waals surface area contributed by atoms with E-state index in [0.717, 1.165) is 22.2 Å². The minimum Gasteiger partial charge on any atom is -0.493 e. The average molecular weight is 311 g/mol. The van der Waals surface area contributed by atoms with Crippen LogP contribution in [-0.2, 0) is 0 Å². The summed E-state index contributed by atoms with van der Waals surface area (Å²) < 4.78 is 6.32. The van der Waals surface area contributed by atoms with Crippen molar-refractivity contribution < 1.29 is 9.53 Å². The van der Waals surface area contributed by atoms with Crippen molar-refractivity contribution in [3.8, 4) is 5.75 Å². The van der Waals surface area contributed by atoms with Gasteiger partial charge in [-0.25, -0.2) is 0 Å². The van der Waals surface area contributed by atoms with Gasteiger partial charge < -0.3 is 4.74 Å². The van der Waals surface area contributed by atoms with Gasteiger partial charge in [-0.1, -0.05) is 13.3 Å². The summed E-state index contributed by atoms with van der Waals surface area (Å²) in [6, 6.07) is 5.64. The van der Waals surface area contributed by atoms with Crippen molar-refractivity contribution in [2.45, 2.75) is 33.1 Å². The van der Waals surface area contributed by atoms with Crippen LogP contribution in [0.5, 0.6) is 5.75 Å². The molecule has 1 aromatic carbocycles. The van der Waals surface area contributed by atoms with Crippen molar-refractivity contribution in [1.29, 1.82) is 0 Å². The second-order valence-corrected chi connectivity index (χ2v) is 5.81. The van der Waals surface area contributed by atoms with E-state index in [2.05, 4.69) is 22.9 Å². The van der Waals surface area contributed by atoms with Crippen LogP contribution in [-0.4, -0.2) is 12.4 Å². The maximum Gasteiger partial charge on any atom is 0.166 e. The van der Waals surface area contributed by atoms with Crippen molar-refractivity contribution in [2.24, 2.45) is 11.8 Å². The summed E-state index contributed by atoms with van der Waals surface area (Å²) in [6.07, 6.45) is 3.38. The van der Waals surface area contributed by atoms with Gasteiger partial charge in [0.25, 0.3) is 0 Å². The minimum atomic E-state index is 0.204. The molecule has 2 atom stereocenters. The van der Waals surface area contributed by atoms with Gasteiger partial charge in [0.1, 0.15) is 5.75 Å². The molecule has 0 amide bonds.